The molecule has 0 saturated carbocycles. The molecule has 27 heavy (non-hydrogen) atoms. The molecule has 7 heteroatoms. The molecule has 3 aromatic rings. The first-order valence-electron chi connectivity index (χ1n) is 7.76. The largest absolute Gasteiger partial charge is 0.320 e. The van der Waals surface area contributed by atoms with Gasteiger partial charge < -0.3 is 5.32 Å². The van der Waals surface area contributed by atoms with Crippen LogP contribution in [0.5, 0.6) is 0 Å². The molecule has 3 nitrogen and oxygen atoms in total. The van der Waals surface area contributed by atoms with Gasteiger partial charge in [0.2, 0.25) is 0 Å². The number of carbonyl (C=O) groups is 1. The average Bonchev–Trinajstić information content (AvgIpc) is 3.10. The van der Waals surface area contributed by atoms with Crippen LogP contribution in [0.4, 0.5) is 5.69 Å². The zero-order valence-corrected chi connectivity index (χ0v) is 16.9. The minimum atomic E-state index is -0.495. The van der Waals surface area contributed by atoms with Gasteiger partial charge in [0.25, 0.3) is 5.91 Å². The van der Waals surface area contributed by atoms with Crippen LogP contribution in [0.15, 0.2) is 75.3 Å². The topological polar surface area (TPSA) is 52.9 Å². The highest BCUT2D eigenvalue weighted by molar-refractivity contribution is 8.01. The lowest BCUT2D eigenvalue weighted by atomic mass is 10.2. The smallest absolute Gasteiger partial charge is 0.266 e. The third kappa shape index (κ3) is 5.38. The first-order chi connectivity index (χ1) is 13.0. The van der Waals surface area contributed by atoms with Gasteiger partial charge in [0.15, 0.2) is 0 Å². The van der Waals surface area contributed by atoms with Gasteiger partial charge in [0.1, 0.15) is 11.6 Å². The molecule has 0 atom stereocenters. The van der Waals surface area contributed by atoms with E-state index in [1.807, 2.05) is 42.5 Å². The lowest BCUT2D eigenvalue weighted by Gasteiger charge is -2.05. The molecule has 1 aromatic heterocycles. The number of carbonyl (C=O) groups excluding carboxylic acids is 1. The van der Waals surface area contributed by atoms with Crippen LogP contribution in [-0.4, -0.2) is 5.91 Å². The summed E-state index contributed by atoms with van der Waals surface area (Å²) >= 11 is 15.0. The number of anilines is 1. The zero-order valence-electron chi connectivity index (χ0n) is 13.8. The van der Waals surface area contributed by atoms with E-state index < -0.39 is 5.91 Å². The second-order valence-corrected chi connectivity index (χ2v) is 8.65. The second kappa shape index (κ2) is 9.12. The third-order valence-corrected chi connectivity index (χ3v) is 6.16. The second-order valence-electron chi connectivity index (χ2n) is 5.32. The van der Waals surface area contributed by atoms with Gasteiger partial charge in [-0.3, -0.25) is 4.79 Å². The molecule has 1 N–H and O–H groups in total. The van der Waals surface area contributed by atoms with Crippen molar-refractivity contribution < 1.29 is 4.79 Å². The van der Waals surface area contributed by atoms with Crippen LogP contribution in [-0.2, 0) is 4.79 Å². The van der Waals surface area contributed by atoms with E-state index in [1.165, 1.54) is 11.3 Å². The fourth-order valence-electron chi connectivity index (χ4n) is 2.13. The van der Waals surface area contributed by atoms with E-state index in [1.54, 1.807) is 42.1 Å². The van der Waals surface area contributed by atoms with E-state index in [9.17, 15) is 10.1 Å². The van der Waals surface area contributed by atoms with Crippen molar-refractivity contribution in [1.82, 2.24) is 0 Å². The molecule has 0 saturated heterocycles. The summed E-state index contributed by atoms with van der Waals surface area (Å²) in [4.78, 5) is 14.2. The molecule has 0 unspecified atom stereocenters. The molecule has 0 aliphatic carbocycles. The van der Waals surface area contributed by atoms with Crippen molar-refractivity contribution in [3.63, 3.8) is 0 Å². The number of benzene rings is 2. The van der Waals surface area contributed by atoms with Gasteiger partial charge in [-0.25, -0.2) is 0 Å². The monoisotopic (exact) mass is 430 g/mol. The fraction of sp³-hybridized carbons (Fsp3) is 0. The number of hydrogen-bond acceptors (Lipinski definition) is 4. The summed E-state index contributed by atoms with van der Waals surface area (Å²) < 4.78 is 1.05. The highest BCUT2D eigenvalue weighted by Crippen LogP contribution is 2.34. The van der Waals surface area contributed by atoms with Crippen LogP contribution in [0.3, 0.4) is 0 Å². The fourth-order valence-corrected chi connectivity index (χ4v) is 4.50. The van der Waals surface area contributed by atoms with Crippen LogP contribution < -0.4 is 5.32 Å². The number of nitriles is 1. The number of amides is 1. The van der Waals surface area contributed by atoms with Crippen LogP contribution in [0.1, 0.15) is 4.88 Å². The van der Waals surface area contributed by atoms with Crippen LogP contribution in [0, 0.1) is 11.3 Å². The molecular formula is C20H12Cl2N2OS2. The molecule has 1 amide bonds. The molecule has 134 valence electrons. The molecule has 3 rings (SSSR count). The zero-order chi connectivity index (χ0) is 19.2. The highest BCUT2D eigenvalue weighted by atomic mass is 35.5. The molecule has 0 aliphatic rings. The predicted molar refractivity (Wildman–Crippen MR) is 114 cm³/mol. The van der Waals surface area contributed by atoms with Crippen molar-refractivity contribution >= 4 is 64.0 Å². The summed E-state index contributed by atoms with van der Waals surface area (Å²) in [5.74, 6) is -0.495. The number of hydrogen-bond donors (Lipinski definition) is 1. The third-order valence-electron chi connectivity index (χ3n) is 3.41. The predicted octanol–water partition coefficient (Wildman–Crippen LogP) is 6.75. The van der Waals surface area contributed by atoms with Crippen molar-refractivity contribution in [2.75, 3.05) is 5.32 Å². The minimum Gasteiger partial charge on any atom is -0.320 e. The van der Waals surface area contributed by atoms with Gasteiger partial charge in [-0.2, -0.15) is 5.26 Å². The highest BCUT2D eigenvalue weighted by Gasteiger charge is 2.12. The Labute approximate surface area is 175 Å². The number of rotatable bonds is 5. The number of nitrogens with zero attached hydrogens (tertiary/aromatic N) is 1. The number of nitrogens with one attached hydrogen (secondary N) is 1. The normalized spacial score (nSPS) is 11.1. The molecule has 0 spiro atoms. The summed E-state index contributed by atoms with van der Waals surface area (Å²) in [5.41, 5.74) is 0.482. The van der Waals surface area contributed by atoms with E-state index in [0.29, 0.717) is 15.7 Å². The van der Waals surface area contributed by atoms with Gasteiger partial charge >= 0.3 is 0 Å². The SMILES string of the molecule is N#C/C(=C/c1ccc(Sc2ccc(Cl)cc2)s1)C(=O)Nc1ccccc1Cl. The van der Waals surface area contributed by atoms with Crippen molar-refractivity contribution in [3.05, 3.63) is 81.2 Å². The molecule has 0 aliphatic heterocycles. The van der Waals surface area contributed by atoms with Gasteiger partial charge in [-0.05, 0) is 54.6 Å². The summed E-state index contributed by atoms with van der Waals surface area (Å²) in [6.07, 6.45) is 1.57. The Bertz CT molecular complexity index is 1040. The summed E-state index contributed by atoms with van der Waals surface area (Å²) in [6, 6.07) is 20.2. The maximum atomic E-state index is 12.4. The maximum absolute atomic E-state index is 12.4. The first-order valence-corrected chi connectivity index (χ1v) is 10.1. The lowest BCUT2D eigenvalue weighted by molar-refractivity contribution is -0.112. The Balaban J connectivity index is 1.73. The Morgan fingerprint density at radius 1 is 1.07 bits per heavy atom. The Hall–Kier alpha value is -2.23. The number of halogens is 2. The molecular weight excluding hydrogens is 419 g/mol. The molecule has 2 aromatic carbocycles. The molecule has 0 radical (unpaired) electrons. The van der Waals surface area contributed by atoms with Crippen molar-refractivity contribution in [3.8, 4) is 6.07 Å². The van der Waals surface area contributed by atoms with Crippen LogP contribution in [0.25, 0.3) is 6.08 Å². The Morgan fingerprint density at radius 3 is 2.52 bits per heavy atom. The first kappa shape index (κ1) is 19.5. The van der Waals surface area contributed by atoms with Gasteiger partial charge in [-0.15, -0.1) is 11.3 Å². The van der Waals surface area contributed by atoms with Gasteiger partial charge in [0.05, 0.1) is 14.9 Å². The van der Waals surface area contributed by atoms with Crippen LogP contribution in [0.2, 0.25) is 10.0 Å². The summed E-state index contributed by atoms with van der Waals surface area (Å²) in [7, 11) is 0. The quantitative estimate of drug-likeness (QED) is 0.359. The molecule has 0 bridgehead atoms. The van der Waals surface area contributed by atoms with Crippen LogP contribution >= 0.6 is 46.3 Å². The Kier molecular flexibility index (Phi) is 6.59. The lowest BCUT2D eigenvalue weighted by Crippen LogP contribution is -2.13. The molecule has 0 fully saturated rings. The van der Waals surface area contributed by atoms with E-state index >= 15 is 0 Å². The minimum absolute atomic E-state index is 0.0137. The van der Waals surface area contributed by atoms with Crippen molar-refractivity contribution in [2.45, 2.75) is 9.10 Å². The van der Waals surface area contributed by atoms with Gasteiger partial charge in [0, 0.05) is 14.8 Å². The van der Waals surface area contributed by atoms with E-state index in [-0.39, 0.29) is 5.57 Å². The standard InChI is InChI=1S/C20H12Cl2N2OS2/c21-14-5-7-15(8-6-14)26-19-10-9-16(27-19)11-13(12-23)20(25)24-18-4-2-1-3-17(18)22/h1-11H,(H,24,25)/b13-11-. The summed E-state index contributed by atoms with van der Waals surface area (Å²) in [5, 5.41) is 13.1. The average molecular weight is 431 g/mol. The van der Waals surface area contributed by atoms with E-state index in [2.05, 4.69) is 5.32 Å². The van der Waals surface area contributed by atoms with E-state index in [0.717, 1.165) is 14.0 Å². The molecule has 1 heterocycles. The van der Waals surface area contributed by atoms with E-state index in [4.69, 9.17) is 23.2 Å². The van der Waals surface area contributed by atoms with Crippen molar-refractivity contribution in [2.24, 2.45) is 0 Å². The van der Waals surface area contributed by atoms with Crippen molar-refractivity contribution in [1.29, 1.82) is 5.26 Å². The Morgan fingerprint density at radius 2 is 1.81 bits per heavy atom. The number of para-hydroxylation sites is 1. The summed E-state index contributed by atoms with van der Waals surface area (Å²) in [6.45, 7) is 0. The number of thiophene rings is 1. The maximum Gasteiger partial charge on any atom is 0.266 e. The van der Waals surface area contributed by atoms with Gasteiger partial charge in [-0.1, -0.05) is 47.1 Å².